The molecular weight excluding hydrogens is 585 g/mol. The second-order valence-electron chi connectivity index (χ2n) is 9.77. The molecule has 0 saturated heterocycles. The van der Waals surface area contributed by atoms with Gasteiger partial charge in [-0.05, 0) is 81.3 Å². The zero-order valence-corrected chi connectivity index (χ0v) is 26.1. The first-order valence-electron chi connectivity index (χ1n) is 13.1. The molecule has 0 heterocycles. The van der Waals surface area contributed by atoms with Gasteiger partial charge < -0.3 is 15.0 Å². The number of nitrogens with one attached hydrogen (secondary N) is 1. The van der Waals surface area contributed by atoms with Crippen molar-refractivity contribution in [1.29, 1.82) is 0 Å². The second-order valence-corrected chi connectivity index (χ2v) is 12.5. The first kappa shape index (κ1) is 32.2. The number of hydrogen-bond donors (Lipinski definition) is 1. The molecule has 0 saturated carbocycles. The summed E-state index contributed by atoms with van der Waals surface area (Å²) >= 11 is 12.5. The quantitative estimate of drug-likeness (QED) is 0.275. The highest BCUT2D eigenvalue weighted by molar-refractivity contribution is 7.92. The Bertz CT molecular complexity index is 1460. The number of carbonyl (C=O) groups is 2. The minimum Gasteiger partial charge on any atom is -0.497 e. The Labute approximate surface area is 252 Å². The molecule has 0 bridgehead atoms. The number of sulfonamides is 1. The highest BCUT2D eigenvalue weighted by atomic mass is 35.5. The van der Waals surface area contributed by atoms with Gasteiger partial charge in [0, 0.05) is 22.6 Å². The zero-order chi connectivity index (χ0) is 30.3. The monoisotopic (exact) mass is 619 g/mol. The molecule has 2 amide bonds. The van der Waals surface area contributed by atoms with Gasteiger partial charge in [-0.3, -0.25) is 13.9 Å². The smallest absolute Gasteiger partial charge is 0.264 e. The van der Waals surface area contributed by atoms with Crippen LogP contribution in [-0.2, 0) is 26.2 Å². The maximum atomic E-state index is 14.0. The van der Waals surface area contributed by atoms with Crippen LogP contribution in [0.25, 0.3) is 0 Å². The summed E-state index contributed by atoms with van der Waals surface area (Å²) in [6.07, 6.45) is 0.705. The normalized spacial score (nSPS) is 12.8. The number of carbonyl (C=O) groups excluding carboxylic acids is 2. The number of aryl methyl sites for hydroxylation is 1. The molecule has 0 aliphatic rings. The van der Waals surface area contributed by atoms with Gasteiger partial charge in [-0.25, -0.2) is 8.42 Å². The van der Waals surface area contributed by atoms with Crippen LogP contribution in [0.3, 0.4) is 0 Å². The van der Waals surface area contributed by atoms with Crippen LogP contribution in [0.2, 0.25) is 10.0 Å². The lowest BCUT2D eigenvalue weighted by Gasteiger charge is -2.32. The van der Waals surface area contributed by atoms with E-state index in [0.717, 1.165) is 9.87 Å². The minimum absolute atomic E-state index is 0.0125. The van der Waals surface area contributed by atoms with Crippen LogP contribution >= 0.6 is 23.2 Å². The Hall–Kier alpha value is -3.27. The van der Waals surface area contributed by atoms with Crippen molar-refractivity contribution in [2.45, 2.75) is 57.6 Å². The maximum absolute atomic E-state index is 14.0. The summed E-state index contributed by atoms with van der Waals surface area (Å²) in [5.74, 6) is -0.452. The molecule has 1 N–H and O–H groups in total. The van der Waals surface area contributed by atoms with Crippen LogP contribution in [0, 0.1) is 6.92 Å². The third-order valence-corrected chi connectivity index (χ3v) is 9.15. The molecule has 11 heteroatoms. The molecule has 8 nitrogen and oxygen atoms in total. The van der Waals surface area contributed by atoms with Gasteiger partial charge in [0.15, 0.2) is 0 Å². The van der Waals surface area contributed by atoms with Gasteiger partial charge in [0.1, 0.15) is 18.3 Å². The molecule has 3 aromatic carbocycles. The van der Waals surface area contributed by atoms with E-state index in [4.69, 9.17) is 27.9 Å². The molecule has 0 aliphatic carbocycles. The topological polar surface area (TPSA) is 96.0 Å². The zero-order valence-electron chi connectivity index (χ0n) is 23.7. The number of methoxy groups -OCH3 is 1. The molecule has 0 aromatic heterocycles. The third-order valence-electron chi connectivity index (χ3n) is 6.77. The summed E-state index contributed by atoms with van der Waals surface area (Å²) in [6.45, 7) is 6.71. The van der Waals surface area contributed by atoms with Crippen LogP contribution in [0.5, 0.6) is 5.75 Å². The maximum Gasteiger partial charge on any atom is 0.264 e. The fourth-order valence-corrected chi connectivity index (χ4v) is 5.88. The fraction of sp³-hybridized carbons (Fsp3) is 0.333. The lowest BCUT2D eigenvalue weighted by Crippen LogP contribution is -2.52. The van der Waals surface area contributed by atoms with Crippen LogP contribution in [0.4, 0.5) is 5.69 Å². The molecule has 0 radical (unpaired) electrons. The van der Waals surface area contributed by atoms with Gasteiger partial charge in [-0.2, -0.15) is 0 Å². The lowest BCUT2D eigenvalue weighted by molar-refractivity contribution is -0.139. The van der Waals surface area contributed by atoms with Gasteiger partial charge in [-0.15, -0.1) is 0 Å². The predicted octanol–water partition coefficient (Wildman–Crippen LogP) is 5.84. The van der Waals surface area contributed by atoms with Crippen molar-refractivity contribution >= 4 is 50.7 Å². The first-order chi connectivity index (χ1) is 19.4. The first-order valence-corrected chi connectivity index (χ1v) is 15.3. The van der Waals surface area contributed by atoms with Crippen molar-refractivity contribution in [3.63, 3.8) is 0 Å². The molecular formula is C30H35Cl2N3O5S. The third kappa shape index (κ3) is 8.15. The van der Waals surface area contributed by atoms with Crippen LogP contribution in [0.15, 0.2) is 71.6 Å². The molecule has 0 fully saturated rings. The van der Waals surface area contributed by atoms with E-state index in [1.54, 1.807) is 49.4 Å². The van der Waals surface area contributed by atoms with Crippen LogP contribution in [0.1, 0.15) is 38.3 Å². The van der Waals surface area contributed by atoms with E-state index >= 15 is 0 Å². The SMILES string of the molecule is CC[C@H](C)NC(=O)[C@H](C)N(Cc1ccc(Cl)cc1Cl)C(=O)CN(c1ccc(C)cc1)S(=O)(=O)c1ccc(OC)cc1. The van der Waals surface area contributed by atoms with Crippen LogP contribution < -0.4 is 14.4 Å². The van der Waals surface area contributed by atoms with Crippen LogP contribution in [-0.4, -0.2) is 50.9 Å². The van der Waals surface area contributed by atoms with Crippen molar-refractivity contribution in [3.8, 4) is 5.75 Å². The standard InChI is InChI=1S/C30H35Cl2N3O5S/c1-6-21(3)33-30(37)22(4)34(18-23-9-10-24(31)17-28(23)32)29(36)19-35(25-11-7-20(2)8-12-25)41(38,39)27-15-13-26(40-5)14-16-27/h7-17,21-22H,6,18-19H2,1-5H3,(H,33,37)/t21-,22-/m0/s1. The van der Waals surface area contributed by atoms with Gasteiger partial charge in [-0.1, -0.05) is 53.9 Å². The Morgan fingerprint density at radius 3 is 2.17 bits per heavy atom. The lowest BCUT2D eigenvalue weighted by atomic mass is 10.1. The van der Waals surface area contributed by atoms with E-state index in [0.29, 0.717) is 33.5 Å². The Morgan fingerprint density at radius 1 is 0.976 bits per heavy atom. The Kier molecular flexibility index (Phi) is 11.1. The molecule has 0 unspecified atom stereocenters. The average molecular weight is 621 g/mol. The number of halogens is 2. The molecule has 3 rings (SSSR count). The number of nitrogens with zero attached hydrogens (tertiary/aromatic N) is 2. The van der Waals surface area contributed by atoms with Gasteiger partial charge in [0.25, 0.3) is 10.0 Å². The molecule has 220 valence electrons. The number of amides is 2. The Balaban J connectivity index is 2.04. The Morgan fingerprint density at radius 2 is 1.61 bits per heavy atom. The van der Waals surface area contributed by atoms with Crippen molar-refractivity contribution in [3.05, 3.63) is 87.9 Å². The highest BCUT2D eigenvalue weighted by Crippen LogP contribution is 2.27. The summed E-state index contributed by atoms with van der Waals surface area (Å²) in [7, 11) is -2.70. The molecule has 0 spiro atoms. The van der Waals surface area contributed by atoms with Gasteiger partial charge in [0.2, 0.25) is 11.8 Å². The molecule has 0 aliphatic heterocycles. The van der Waals surface area contributed by atoms with E-state index in [-0.39, 0.29) is 23.4 Å². The summed E-state index contributed by atoms with van der Waals surface area (Å²) in [5.41, 5.74) is 1.80. The van der Waals surface area contributed by atoms with Crippen molar-refractivity contribution in [2.24, 2.45) is 0 Å². The van der Waals surface area contributed by atoms with Gasteiger partial charge >= 0.3 is 0 Å². The summed E-state index contributed by atoms with van der Waals surface area (Å²) in [4.78, 5) is 28.5. The average Bonchev–Trinajstić information content (AvgIpc) is 2.95. The number of anilines is 1. The summed E-state index contributed by atoms with van der Waals surface area (Å²) in [6, 6.07) is 16.6. The van der Waals surface area contributed by atoms with E-state index in [2.05, 4.69) is 5.32 Å². The van der Waals surface area contributed by atoms with Crippen molar-refractivity contribution in [2.75, 3.05) is 18.0 Å². The van der Waals surface area contributed by atoms with E-state index in [1.807, 2.05) is 20.8 Å². The summed E-state index contributed by atoms with van der Waals surface area (Å²) < 4.78 is 34.0. The number of ether oxygens (including phenoxy) is 1. The van der Waals surface area contributed by atoms with Gasteiger partial charge in [0.05, 0.1) is 17.7 Å². The van der Waals surface area contributed by atoms with E-state index in [1.165, 1.54) is 36.3 Å². The molecule has 2 atom stereocenters. The molecule has 41 heavy (non-hydrogen) atoms. The number of rotatable bonds is 12. The van der Waals surface area contributed by atoms with E-state index in [9.17, 15) is 18.0 Å². The number of hydrogen-bond acceptors (Lipinski definition) is 5. The largest absolute Gasteiger partial charge is 0.497 e. The summed E-state index contributed by atoms with van der Waals surface area (Å²) in [5, 5.41) is 3.65. The van der Waals surface area contributed by atoms with Crippen molar-refractivity contribution < 1.29 is 22.7 Å². The fourth-order valence-electron chi connectivity index (χ4n) is 4.00. The molecule has 3 aromatic rings. The number of benzene rings is 3. The van der Waals surface area contributed by atoms with E-state index < -0.39 is 28.5 Å². The predicted molar refractivity (Wildman–Crippen MR) is 163 cm³/mol. The highest BCUT2D eigenvalue weighted by Gasteiger charge is 2.33. The van der Waals surface area contributed by atoms with Crippen molar-refractivity contribution in [1.82, 2.24) is 10.2 Å². The second kappa shape index (κ2) is 14.1. The minimum atomic E-state index is -4.19.